The molecule has 0 radical (unpaired) electrons. The average Bonchev–Trinajstić information content (AvgIpc) is 2.92. The second kappa shape index (κ2) is 5.98. The van der Waals surface area contributed by atoms with Crippen molar-refractivity contribution in [1.82, 2.24) is 20.4 Å². The van der Waals surface area contributed by atoms with Gasteiger partial charge < -0.3 is 14.6 Å². The second-order valence-corrected chi connectivity index (χ2v) is 4.61. The highest BCUT2D eigenvalue weighted by molar-refractivity contribution is 6.03. The van der Waals surface area contributed by atoms with E-state index in [1.165, 1.54) is 0 Å². The maximum Gasteiger partial charge on any atom is 0.274 e. The highest BCUT2D eigenvalue weighted by Gasteiger charge is 2.16. The van der Waals surface area contributed by atoms with Crippen molar-refractivity contribution < 1.29 is 14.1 Å². The predicted molar refractivity (Wildman–Crippen MR) is 71.4 cm³/mol. The quantitative estimate of drug-likeness (QED) is 0.864. The first-order valence-corrected chi connectivity index (χ1v) is 6.62. The summed E-state index contributed by atoms with van der Waals surface area (Å²) < 4.78 is 10.4. The van der Waals surface area contributed by atoms with Crippen LogP contribution in [-0.2, 0) is 4.74 Å². The van der Waals surface area contributed by atoms with E-state index in [0.29, 0.717) is 17.5 Å². The molecule has 1 saturated heterocycles. The molecule has 2 aromatic rings. The zero-order valence-electron chi connectivity index (χ0n) is 11.0. The molecule has 3 heterocycles. The minimum atomic E-state index is -0.231. The number of carbonyl (C=O) groups excluding carboxylic acids is 1. The van der Waals surface area contributed by atoms with Crippen molar-refractivity contribution in [2.24, 2.45) is 0 Å². The Morgan fingerprint density at radius 1 is 1.40 bits per heavy atom. The van der Waals surface area contributed by atoms with E-state index in [1.54, 1.807) is 18.5 Å². The molecule has 2 aromatic heterocycles. The van der Waals surface area contributed by atoms with Gasteiger partial charge in [0.25, 0.3) is 5.91 Å². The second-order valence-electron chi connectivity index (χ2n) is 4.61. The van der Waals surface area contributed by atoms with Crippen LogP contribution in [-0.4, -0.2) is 60.3 Å². The maximum absolute atomic E-state index is 12.1. The number of hydrogen-bond acceptors (Lipinski definition) is 6. The summed E-state index contributed by atoms with van der Waals surface area (Å²) in [5, 5.41) is 7.29. The van der Waals surface area contributed by atoms with Crippen molar-refractivity contribution >= 4 is 16.9 Å². The third kappa shape index (κ3) is 2.78. The lowest BCUT2D eigenvalue weighted by atomic mass is 10.2. The third-order valence-electron chi connectivity index (χ3n) is 3.30. The fourth-order valence-corrected chi connectivity index (χ4v) is 2.18. The van der Waals surface area contributed by atoms with Gasteiger partial charge in [-0.05, 0) is 0 Å². The molecule has 0 unspecified atom stereocenters. The Morgan fingerprint density at radius 3 is 3.10 bits per heavy atom. The lowest BCUT2D eigenvalue weighted by Crippen LogP contribution is -2.41. The largest absolute Gasteiger partial charge is 0.379 e. The van der Waals surface area contributed by atoms with Crippen molar-refractivity contribution in [2.45, 2.75) is 0 Å². The first-order valence-electron chi connectivity index (χ1n) is 6.62. The fourth-order valence-electron chi connectivity index (χ4n) is 2.18. The molecule has 1 amide bonds. The van der Waals surface area contributed by atoms with Gasteiger partial charge in [-0.2, -0.15) is 0 Å². The van der Waals surface area contributed by atoms with Crippen LogP contribution < -0.4 is 5.32 Å². The molecule has 0 saturated carbocycles. The smallest absolute Gasteiger partial charge is 0.274 e. The van der Waals surface area contributed by atoms with Crippen molar-refractivity contribution in [3.05, 3.63) is 24.2 Å². The number of ether oxygens (including phenoxy) is 1. The van der Waals surface area contributed by atoms with Crippen LogP contribution in [0.1, 0.15) is 10.5 Å². The van der Waals surface area contributed by atoms with Crippen molar-refractivity contribution in [3.63, 3.8) is 0 Å². The van der Waals surface area contributed by atoms with Gasteiger partial charge in [0.2, 0.25) is 0 Å². The molecule has 0 spiro atoms. The van der Waals surface area contributed by atoms with Crippen LogP contribution in [0.3, 0.4) is 0 Å². The minimum Gasteiger partial charge on any atom is -0.379 e. The fraction of sp³-hybridized carbons (Fsp3) is 0.462. The molecular formula is C13H16N4O3. The number of nitrogens with one attached hydrogen (secondary N) is 1. The van der Waals surface area contributed by atoms with E-state index >= 15 is 0 Å². The van der Waals surface area contributed by atoms with Crippen LogP contribution in [0, 0.1) is 0 Å². The molecule has 3 rings (SSSR count). The zero-order chi connectivity index (χ0) is 13.8. The normalized spacial score (nSPS) is 16.4. The third-order valence-corrected chi connectivity index (χ3v) is 3.30. The van der Waals surface area contributed by atoms with Gasteiger partial charge in [0.15, 0.2) is 11.3 Å². The topological polar surface area (TPSA) is 80.5 Å². The first-order chi connectivity index (χ1) is 9.84. The number of morpholine rings is 1. The molecule has 1 aliphatic heterocycles. The molecule has 1 fully saturated rings. The van der Waals surface area contributed by atoms with Gasteiger partial charge >= 0.3 is 0 Å². The van der Waals surface area contributed by atoms with Crippen LogP contribution in [0.5, 0.6) is 0 Å². The summed E-state index contributed by atoms with van der Waals surface area (Å²) in [7, 11) is 0. The van der Waals surface area contributed by atoms with Crippen molar-refractivity contribution in [1.29, 1.82) is 0 Å². The summed E-state index contributed by atoms with van der Waals surface area (Å²) in [6, 6.07) is 1.69. The summed E-state index contributed by atoms with van der Waals surface area (Å²) in [6.45, 7) is 4.72. The van der Waals surface area contributed by atoms with Gasteiger partial charge in [0.05, 0.1) is 18.6 Å². The van der Waals surface area contributed by atoms with Crippen LogP contribution in [0.4, 0.5) is 0 Å². The summed E-state index contributed by atoms with van der Waals surface area (Å²) in [5.41, 5.74) is 0.855. The molecule has 20 heavy (non-hydrogen) atoms. The average molecular weight is 276 g/mol. The Morgan fingerprint density at radius 2 is 2.25 bits per heavy atom. The molecule has 0 aromatic carbocycles. The number of hydrogen-bond donors (Lipinski definition) is 1. The Balaban J connectivity index is 1.56. The lowest BCUT2D eigenvalue weighted by molar-refractivity contribution is 0.0383. The van der Waals surface area contributed by atoms with Gasteiger partial charge in [-0.1, -0.05) is 5.16 Å². The number of rotatable bonds is 4. The van der Waals surface area contributed by atoms with E-state index < -0.39 is 0 Å². The van der Waals surface area contributed by atoms with E-state index in [9.17, 15) is 4.79 Å². The number of carbonyl (C=O) groups is 1. The minimum absolute atomic E-state index is 0.231. The SMILES string of the molecule is O=C(NCCN1CCOCC1)c1noc2ccncc12. The van der Waals surface area contributed by atoms with Crippen LogP contribution in [0.15, 0.2) is 23.0 Å². The summed E-state index contributed by atoms with van der Waals surface area (Å²) in [5.74, 6) is -0.231. The highest BCUT2D eigenvalue weighted by atomic mass is 16.5. The summed E-state index contributed by atoms with van der Waals surface area (Å²) in [4.78, 5) is 18.3. The summed E-state index contributed by atoms with van der Waals surface area (Å²) >= 11 is 0. The number of aromatic nitrogens is 2. The monoisotopic (exact) mass is 276 g/mol. The number of fused-ring (bicyclic) bond motifs is 1. The van der Waals surface area contributed by atoms with Gasteiger partial charge in [0, 0.05) is 44.6 Å². The van der Waals surface area contributed by atoms with Crippen molar-refractivity contribution in [2.75, 3.05) is 39.4 Å². The van der Waals surface area contributed by atoms with Crippen LogP contribution >= 0.6 is 0 Å². The molecule has 1 aliphatic rings. The molecule has 0 aliphatic carbocycles. The number of nitrogens with zero attached hydrogens (tertiary/aromatic N) is 3. The molecule has 7 nitrogen and oxygen atoms in total. The van der Waals surface area contributed by atoms with Gasteiger partial charge in [-0.25, -0.2) is 0 Å². The maximum atomic E-state index is 12.1. The standard InChI is InChI=1S/C13H16N4O3/c18-13(15-3-4-17-5-7-19-8-6-17)12-10-9-14-2-1-11(10)20-16-12/h1-2,9H,3-8H2,(H,15,18). The Kier molecular flexibility index (Phi) is 3.89. The van der Waals surface area contributed by atoms with Gasteiger partial charge in [-0.15, -0.1) is 0 Å². The highest BCUT2D eigenvalue weighted by Crippen LogP contribution is 2.16. The zero-order valence-corrected chi connectivity index (χ0v) is 11.0. The van der Waals surface area contributed by atoms with Gasteiger partial charge in [0.1, 0.15) is 0 Å². The van der Waals surface area contributed by atoms with E-state index in [-0.39, 0.29) is 11.6 Å². The number of pyridine rings is 1. The Bertz CT molecular complexity index is 592. The van der Waals surface area contributed by atoms with E-state index in [2.05, 4.69) is 20.4 Å². The molecule has 106 valence electrons. The summed E-state index contributed by atoms with van der Waals surface area (Å²) in [6.07, 6.45) is 3.19. The molecule has 7 heteroatoms. The number of amides is 1. The van der Waals surface area contributed by atoms with Gasteiger partial charge in [-0.3, -0.25) is 14.7 Å². The van der Waals surface area contributed by atoms with Crippen LogP contribution in [0.2, 0.25) is 0 Å². The van der Waals surface area contributed by atoms with E-state index in [0.717, 1.165) is 32.8 Å². The molecule has 0 atom stereocenters. The predicted octanol–water partition coefficient (Wildman–Crippen LogP) is 0.285. The first kappa shape index (κ1) is 13.0. The molecule has 1 N–H and O–H groups in total. The van der Waals surface area contributed by atoms with E-state index in [4.69, 9.17) is 9.26 Å². The van der Waals surface area contributed by atoms with Crippen LogP contribution in [0.25, 0.3) is 11.0 Å². The molecular weight excluding hydrogens is 260 g/mol. The Hall–Kier alpha value is -1.99. The molecule has 0 bridgehead atoms. The van der Waals surface area contributed by atoms with E-state index in [1.807, 2.05) is 0 Å². The van der Waals surface area contributed by atoms with Crippen molar-refractivity contribution in [3.8, 4) is 0 Å². The lowest BCUT2D eigenvalue weighted by Gasteiger charge is -2.26. The Labute approximate surface area is 115 Å².